The number of hydrogen-bond donors (Lipinski definition) is 1. The molecule has 0 amide bonds. The Morgan fingerprint density at radius 3 is 2.50 bits per heavy atom. The molecule has 0 radical (unpaired) electrons. The quantitative estimate of drug-likeness (QED) is 0.627. The zero-order valence-electron chi connectivity index (χ0n) is 14.1. The van der Waals surface area contributed by atoms with E-state index in [-0.39, 0.29) is 17.2 Å². The van der Waals surface area contributed by atoms with Gasteiger partial charge in [0, 0.05) is 0 Å². The van der Waals surface area contributed by atoms with Crippen molar-refractivity contribution >= 4 is 14.2 Å². The van der Waals surface area contributed by atoms with Gasteiger partial charge in [0.05, 0.1) is 6.04 Å². The highest BCUT2D eigenvalue weighted by Crippen LogP contribution is 2.39. The van der Waals surface area contributed by atoms with Crippen LogP contribution >= 0.6 is 0 Å². The summed E-state index contributed by atoms with van der Waals surface area (Å²) >= 11 is 0. The number of rotatable bonds is 4. The summed E-state index contributed by atoms with van der Waals surface area (Å²) in [5.41, 5.74) is 6.25. The van der Waals surface area contributed by atoms with Gasteiger partial charge < -0.3 is 10.2 Å². The van der Waals surface area contributed by atoms with Gasteiger partial charge in [0.15, 0.2) is 8.32 Å². The molecule has 1 aliphatic heterocycles. The molecule has 1 rings (SSSR count). The second kappa shape index (κ2) is 6.44. The Bertz CT molecular complexity index is 371. The summed E-state index contributed by atoms with van der Waals surface area (Å²) in [6, 6.07) is 0.281. The van der Waals surface area contributed by atoms with Crippen LogP contribution in [0.5, 0.6) is 0 Å². The fraction of sp³-hybridized carbons (Fsp3) is 0.812. The zero-order valence-corrected chi connectivity index (χ0v) is 15.1. The Labute approximate surface area is 125 Å². The first-order chi connectivity index (χ1) is 9.08. The Morgan fingerprint density at radius 1 is 1.40 bits per heavy atom. The largest absolute Gasteiger partial charge is 0.407 e. The number of hydrogen-bond acceptors (Lipinski definition) is 3. The van der Waals surface area contributed by atoms with Crippen LogP contribution in [0.4, 0.5) is 0 Å². The van der Waals surface area contributed by atoms with Crippen LogP contribution in [-0.4, -0.2) is 26.3 Å². The maximum Gasteiger partial charge on any atom is 0.193 e. The van der Waals surface area contributed by atoms with Crippen molar-refractivity contribution in [2.24, 2.45) is 16.6 Å². The average Bonchev–Trinajstić information content (AvgIpc) is 2.42. The highest BCUT2D eigenvalue weighted by molar-refractivity contribution is 6.74. The van der Waals surface area contributed by atoms with Crippen molar-refractivity contribution in [2.75, 3.05) is 0 Å². The molecule has 3 nitrogen and oxygen atoms in total. The molecule has 1 heterocycles. The number of nitrogens with two attached hydrogens (primary N) is 1. The Balaban J connectivity index is 2.92. The van der Waals surface area contributed by atoms with E-state index in [1.165, 1.54) is 0 Å². The van der Waals surface area contributed by atoms with Crippen molar-refractivity contribution in [1.82, 2.24) is 0 Å². The molecule has 0 saturated heterocycles. The molecule has 2 N–H and O–H groups in total. The van der Waals surface area contributed by atoms with E-state index >= 15 is 0 Å². The van der Waals surface area contributed by atoms with Gasteiger partial charge in [-0.1, -0.05) is 33.8 Å². The lowest BCUT2D eigenvalue weighted by Crippen LogP contribution is -2.49. The highest BCUT2D eigenvalue weighted by atomic mass is 28.4. The Morgan fingerprint density at radius 2 is 2.00 bits per heavy atom. The van der Waals surface area contributed by atoms with Gasteiger partial charge in [0.1, 0.15) is 11.9 Å². The van der Waals surface area contributed by atoms with Crippen LogP contribution in [0.3, 0.4) is 0 Å². The van der Waals surface area contributed by atoms with E-state index in [1.807, 2.05) is 6.08 Å². The topological polar surface area (TPSA) is 47.6 Å². The lowest BCUT2D eigenvalue weighted by molar-refractivity contribution is 0.179. The lowest BCUT2D eigenvalue weighted by Gasteiger charge is -2.40. The molecular formula is C16H32N2OSi. The van der Waals surface area contributed by atoms with Crippen molar-refractivity contribution in [1.29, 1.82) is 0 Å². The van der Waals surface area contributed by atoms with Crippen LogP contribution in [-0.2, 0) is 4.43 Å². The maximum atomic E-state index is 6.53. The summed E-state index contributed by atoms with van der Waals surface area (Å²) in [6.07, 6.45) is 5.00. The van der Waals surface area contributed by atoms with Crippen LogP contribution in [0, 0.1) is 5.92 Å². The number of aliphatic imine (C=N–C) groups is 1. The van der Waals surface area contributed by atoms with Gasteiger partial charge in [0.2, 0.25) is 0 Å². The summed E-state index contributed by atoms with van der Waals surface area (Å²) in [5.74, 6) is 1.12. The predicted molar refractivity (Wildman–Crippen MR) is 90.7 cm³/mol. The normalized spacial score (nSPS) is 28.7. The maximum absolute atomic E-state index is 6.53. The summed E-state index contributed by atoms with van der Waals surface area (Å²) in [4.78, 5) is 4.68. The van der Waals surface area contributed by atoms with Gasteiger partial charge in [-0.15, -0.1) is 6.58 Å². The monoisotopic (exact) mass is 296 g/mol. The van der Waals surface area contributed by atoms with E-state index in [2.05, 4.69) is 52.4 Å². The highest BCUT2D eigenvalue weighted by Gasteiger charge is 2.41. The van der Waals surface area contributed by atoms with Gasteiger partial charge in [-0.05, 0) is 43.3 Å². The summed E-state index contributed by atoms with van der Waals surface area (Å²) in [6.45, 7) is 17.4. The fourth-order valence-corrected chi connectivity index (χ4v) is 3.62. The molecule has 3 unspecified atom stereocenters. The van der Waals surface area contributed by atoms with E-state index in [1.54, 1.807) is 0 Å². The lowest BCUT2D eigenvalue weighted by atomic mass is 9.97. The molecule has 20 heavy (non-hydrogen) atoms. The van der Waals surface area contributed by atoms with Crippen molar-refractivity contribution in [3.05, 3.63) is 12.7 Å². The molecule has 0 saturated carbocycles. The van der Waals surface area contributed by atoms with Crippen LogP contribution < -0.4 is 5.73 Å². The van der Waals surface area contributed by atoms with Gasteiger partial charge in [-0.25, -0.2) is 0 Å². The molecule has 0 aromatic carbocycles. The number of nitrogens with zero attached hydrogens (tertiary/aromatic N) is 1. The van der Waals surface area contributed by atoms with Crippen LogP contribution in [0.25, 0.3) is 0 Å². The fourth-order valence-electron chi connectivity index (χ4n) is 2.28. The Hall–Kier alpha value is -0.613. The van der Waals surface area contributed by atoms with E-state index in [0.717, 1.165) is 19.3 Å². The second-order valence-electron chi connectivity index (χ2n) is 7.59. The minimum absolute atomic E-state index is 0.0225. The third-order valence-corrected chi connectivity index (χ3v) is 9.22. The first-order valence-corrected chi connectivity index (χ1v) is 10.6. The Kier molecular flexibility index (Phi) is 5.61. The van der Waals surface area contributed by atoms with Crippen LogP contribution in [0.2, 0.25) is 18.1 Å². The molecule has 0 aliphatic carbocycles. The molecule has 0 fully saturated rings. The molecule has 0 spiro atoms. The molecule has 116 valence electrons. The SMILES string of the molecule is C=CCC1CCC(C)C(O[Si](C)(C)C(C)(C)C)C(N)=N1. The predicted octanol–water partition coefficient (Wildman–Crippen LogP) is 4.11. The third-order valence-electron chi connectivity index (χ3n) is 4.76. The smallest absolute Gasteiger partial charge is 0.193 e. The first kappa shape index (κ1) is 17.4. The van der Waals surface area contributed by atoms with Gasteiger partial charge in [-0.2, -0.15) is 0 Å². The standard InChI is InChI=1S/C16H32N2OSi/c1-8-9-13-11-10-12(2)14(15(17)18-13)19-20(6,7)16(3,4)5/h8,12-14H,1,9-11H2,2-7H3,(H2,17,18). The first-order valence-electron chi connectivity index (χ1n) is 7.70. The van der Waals surface area contributed by atoms with Crippen LogP contribution in [0.15, 0.2) is 17.6 Å². The van der Waals surface area contributed by atoms with Crippen molar-refractivity contribution < 1.29 is 4.43 Å². The van der Waals surface area contributed by atoms with Crippen molar-refractivity contribution in [3.8, 4) is 0 Å². The molecule has 4 heteroatoms. The van der Waals surface area contributed by atoms with Crippen molar-refractivity contribution in [3.63, 3.8) is 0 Å². The van der Waals surface area contributed by atoms with Gasteiger partial charge in [-0.3, -0.25) is 4.99 Å². The minimum atomic E-state index is -1.82. The average molecular weight is 297 g/mol. The molecule has 0 bridgehead atoms. The second-order valence-corrected chi connectivity index (χ2v) is 12.3. The summed E-state index contributed by atoms with van der Waals surface area (Å²) in [7, 11) is -1.82. The van der Waals surface area contributed by atoms with Gasteiger partial charge >= 0.3 is 0 Å². The summed E-state index contributed by atoms with van der Waals surface area (Å²) < 4.78 is 6.53. The van der Waals surface area contributed by atoms with Gasteiger partial charge in [0.25, 0.3) is 0 Å². The zero-order chi connectivity index (χ0) is 15.6. The van der Waals surface area contributed by atoms with E-state index < -0.39 is 8.32 Å². The van der Waals surface area contributed by atoms with Crippen LogP contribution in [0.1, 0.15) is 47.0 Å². The van der Waals surface area contributed by atoms with E-state index in [4.69, 9.17) is 10.2 Å². The third kappa shape index (κ3) is 4.19. The number of amidine groups is 1. The molecule has 3 atom stereocenters. The summed E-state index contributed by atoms with van der Waals surface area (Å²) in [5, 5.41) is 0.194. The van der Waals surface area contributed by atoms with Crippen molar-refractivity contribution in [2.45, 2.75) is 77.2 Å². The van der Waals surface area contributed by atoms with E-state index in [9.17, 15) is 0 Å². The minimum Gasteiger partial charge on any atom is -0.407 e. The van der Waals surface area contributed by atoms with E-state index in [0.29, 0.717) is 11.8 Å². The molecule has 0 aromatic rings. The molecular weight excluding hydrogens is 264 g/mol. The molecule has 1 aliphatic rings. The molecule has 0 aromatic heterocycles.